The zero-order valence-corrected chi connectivity index (χ0v) is 13.1. The first kappa shape index (κ1) is 15.2. The van der Waals surface area contributed by atoms with Gasteiger partial charge in [0.2, 0.25) is 0 Å². The van der Waals surface area contributed by atoms with Gasteiger partial charge in [0.1, 0.15) is 17.4 Å². The number of aryl methyl sites for hydroxylation is 1. The van der Waals surface area contributed by atoms with Gasteiger partial charge in [0.05, 0.1) is 12.8 Å². The number of nitrogens with one attached hydrogen (secondary N) is 1. The maximum absolute atomic E-state index is 9.27. The Morgan fingerprint density at radius 2 is 2.38 bits per heavy atom. The van der Waals surface area contributed by atoms with Crippen molar-refractivity contribution in [3.05, 3.63) is 45.4 Å². The summed E-state index contributed by atoms with van der Waals surface area (Å²) in [5, 5.41) is 13.3. The van der Waals surface area contributed by atoms with Gasteiger partial charge in [0, 0.05) is 18.4 Å². The number of aromatic nitrogens is 1. The Kier molecular flexibility index (Phi) is 5.09. The van der Waals surface area contributed by atoms with E-state index in [-0.39, 0.29) is 0 Å². The highest BCUT2D eigenvalue weighted by atomic mass is 79.9. The topological polar surface area (TPSA) is 83.4 Å². The number of methoxy groups -OCH3 is 1. The molecule has 0 amide bonds. The summed E-state index contributed by atoms with van der Waals surface area (Å²) < 4.78 is 11.0. The van der Waals surface area contributed by atoms with Gasteiger partial charge in [-0.1, -0.05) is 0 Å². The van der Waals surface area contributed by atoms with E-state index in [1.807, 2.05) is 13.0 Å². The molecule has 0 aliphatic rings. The second-order valence-electron chi connectivity index (χ2n) is 4.20. The third-order valence-electron chi connectivity index (χ3n) is 2.60. The summed E-state index contributed by atoms with van der Waals surface area (Å²) in [4.78, 5) is 4.28. The van der Waals surface area contributed by atoms with E-state index in [2.05, 4.69) is 37.5 Å². The minimum Gasteiger partial charge on any atom is -0.448 e. The van der Waals surface area contributed by atoms with E-state index in [9.17, 15) is 5.26 Å². The third-order valence-corrected chi connectivity index (χ3v) is 3.02. The minimum atomic E-state index is 0.343. The number of rotatable bonds is 5. The van der Waals surface area contributed by atoms with Gasteiger partial charge in [-0.05, 0) is 41.1 Å². The van der Waals surface area contributed by atoms with Crippen molar-refractivity contribution >= 4 is 28.0 Å². The van der Waals surface area contributed by atoms with Crippen molar-refractivity contribution in [2.45, 2.75) is 13.5 Å². The monoisotopic (exact) mass is 348 g/mol. The number of hydrazone groups is 1. The van der Waals surface area contributed by atoms with Crippen molar-refractivity contribution in [1.82, 2.24) is 4.98 Å². The molecule has 0 radical (unpaired) electrons. The van der Waals surface area contributed by atoms with E-state index in [1.54, 1.807) is 19.2 Å². The van der Waals surface area contributed by atoms with Gasteiger partial charge >= 0.3 is 0 Å². The fourth-order valence-electron chi connectivity index (χ4n) is 1.77. The number of hydrogen-bond acceptors (Lipinski definition) is 6. The van der Waals surface area contributed by atoms with E-state index < -0.39 is 0 Å². The molecule has 0 aliphatic heterocycles. The molecule has 2 aromatic rings. The van der Waals surface area contributed by atoms with Crippen LogP contribution in [-0.4, -0.2) is 18.3 Å². The van der Waals surface area contributed by atoms with Crippen molar-refractivity contribution in [2.75, 3.05) is 12.5 Å². The number of furan rings is 1. The van der Waals surface area contributed by atoms with E-state index >= 15 is 0 Å². The van der Waals surface area contributed by atoms with Gasteiger partial charge in [0.25, 0.3) is 0 Å². The SMILES string of the molecule is COCc1cc(C)nc(N/N=C/c2ccc(Br)o2)c1C#N. The number of hydrogen-bond donors (Lipinski definition) is 1. The highest BCUT2D eigenvalue weighted by Crippen LogP contribution is 2.19. The summed E-state index contributed by atoms with van der Waals surface area (Å²) in [5.74, 6) is 0.976. The van der Waals surface area contributed by atoms with Crippen LogP contribution in [0, 0.1) is 18.3 Å². The number of pyridine rings is 1. The second kappa shape index (κ2) is 7.02. The van der Waals surface area contributed by atoms with Gasteiger partial charge < -0.3 is 9.15 Å². The van der Waals surface area contributed by atoms with Gasteiger partial charge in [-0.25, -0.2) is 4.98 Å². The van der Waals surface area contributed by atoms with Crippen LogP contribution >= 0.6 is 15.9 Å². The van der Waals surface area contributed by atoms with Crippen molar-refractivity contribution < 1.29 is 9.15 Å². The fraction of sp³-hybridized carbons (Fsp3) is 0.214. The smallest absolute Gasteiger partial charge is 0.169 e. The molecular weight excluding hydrogens is 336 g/mol. The molecule has 0 saturated carbocycles. The standard InChI is InChI=1S/C14H13BrN4O2/c1-9-5-10(8-20-2)12(6-16)14(18-9)19-17-7-11-3-4-13(15)21-11/h3-5,7H,8H2,1-2H3,(H,18,19)/b17-7+. The molecule has 1 N–H and O–H groups in total. The second-order valence-corrected chi connectivity index (χ2v) is 4.98. The summed E-state index contributed by atoms with van der Waals surface area (Å²) in [7, 11) is 1.58. The zero-order valence-electron chi connectivity index (χ0n) is 11.6. The summed E-state index contributed by atoms with van der Waals surface area (Å²) >= 11 is 3.21. The summed E-state index contributed by atoms with van der Waals surface area (Å²) in [5.41, 5.74) is 4.73. The van der Waals surface area contributed by atoms with Crippen molar-refractivity contribution in [3.8, 4) is 6.07 Å². The van der Waals surface area contributed by atoms with Gasteiger partial charge in [-0.15, -0.1) is 0 Å². The van der Waals surface area contributed by atoms with Crippen molar-refractivity contribution in [2.24, 2.45) is 5.10 Å². The van der Waals surface area contributed by atoms with E-state index in [4.69, 9.17) is 9.15 Å². The molecule has 0 unspecified atom stereocenters. The first-order valence-corrected chi connectivity index (χ1v) is 6.87. The Morgan fingerprint density at radius 1 is 1.57 bits per heavy atom. The third kappa shape index (κ3) is 3.90. The van der Waals surface area contributed by atoms with Crippen LogP contribution in [0.15, 0.2) is 32.4 Å². The zero-order chi connectivity index (χ0) is 15.2. The van der Waals surface area contributed by atoms with Crippen molar-refractivity contribution in [3.63, 3.8) is 0 Å². The molecule has 0 fully saturated rings. The van der Waals surface area contributed by atoms with E-state index in [0.717, 1.165) is 11.3 Å². The molecule has 0 bridgehead atoms. The lowest BCUT2D eigenvalue weighted by Crippen LogP contribution is -2.03. The summed E-state index contributed by atoms with van der Waals surface area (Å²) in [6.07, 6.45) is 1.51. The maximum atomic E-state index is 9.27. The lowest BCUT2D eigenvalue weighted by Gasteiger charge is -2.08. The first-order valence-electron chi connectivity index (χ1n) is 6.08. The number of anilines is 1. The Hall–Kier alpha value is -2.17. The molecule has 0 atom stereocenters. The molecule has 0 spiro atoms. The minimum absolute atomic E-state index is 0.343. The largest absolute Gasteiger partial charge is 0.448 e. The molecule has 0 aromatic carbocycles. The number of halogens is 1. The molecule has 2 aromatic heterocycles. The normalized spacial score (nSPS) is 10.8. The predicted molar refractivity (Wildman–Crippen MR) is 82.0 cm³/mol. The van der Waals surface area contributed by atoms with Crippen LogP contribution < -0.4 is 5.43 Å². The average Bonchev–Trinajstić information content (AvgIpc) is 2.85. The van der Waals surface area contributed by atoms with E-state index in [1.165, 1.54) is 6.21 Å². The van der Waals surface area contributed by atoms with Crippen LogP contribution in [0.25, 0.3) is 0 Å². The molecule has 0 aliphatic carbocycles. The van der Waals surface area contributed by atoms with Gasteiger partial charge in [0.15, 0.2) is 10.5 Å². The molecule has 2 rings (SSSR count). The van der Waals surface area contributed by atoms with Gasteiger partial charge in [-0.3, -0.25) is 5.43 Å². The molecule has 6 nitrogen and oxygen atoms in total. The fourth-order valence-corrected chi connectivity index (χ4v) is 2.09. The molecule has 7 heteroatoms. The molecule has 21 heavy (non-hydrogen) atoms. The van der Waals surface area contributed by atoms with Crippen LogP contribution in [-0.2, 0) is 11.3 Å². The van der Waals surface area contributed by atoms with Crippen LogP contribution in [0.2, 0.25) is 0 Å². The quantitative estimate of drug-likeness (QED) is 0.662. The number of nitriles is 1. The van der Waals surface area contributed by atoms with Crippen LogP contribution in [0.5, 0.6) is 0 Å². The Morgan fingerprint density at radius 3 is 3.00 bits per heavy atom. The highest BCUT2D eigenvalue weighted by molar-refractivity contribution is 9.10. The maximum Gasteiger partial charge on any atom is 0.169 e. The Balaban J connectivity index is 2.23. The van der Waals surface area contributed by atoms with Crippen LogP contribution in [0.1, 0.15) is 22.6 Å². The Labute approximate surface area is 130 Å². The number of ether oxygens (including phenoxy) is 1. The molecule has 0 saturated heterocycles. The molecule has 2 heterocycles. The number of nitrogens with zero attached hydrogens (tertiary/aromatic N) is 3. The average molecular weight is 349 g/mol. The first-order chi connectivity index (χ1) is 10.1. The Bertz CT molecular complexity index is 703. The lowest BCUT2D eigenvalue weighted by molar-refractivity contribution is 0.184. The van der Waals surface area contributed by atoms with Crippen LogP contribution in [0.4, 0.5) is 5.82 Å². The summed E-state index contributed by atoms with van der Waals surface area (Å²) in [6, 6.07) is 7.47. The van der Waals surface area contributed by atoms with Crippen molar-refractivity contribution in [1.29, 1.82) is 5.26 Å². The molecule has 108 valence electrons. The van der Waals surface area contributed by atoms with E-state index in [0.29, 0.717) is 28.4 Å². The predicted octanol–water partition coefficient (Wildman–Crippen LogP) is 3.21. The van der Waals surface area contributed by atoms with Crippen LogP contribution in [0.3, 0.4) is 0 Å². The summed E-state index contributed by atoms with van der Waals surface area (Å²) in [6.45, 7) is 2.19. The highest BCUT2D eigenvalue weighted by Gasteiger charge is 2.10. The van der Waals surface area contributed by atoms with Gasteiger partial charge in [-0.2, -0.15) is 10.4 Å². The molecular formula is C14H13BrN4O2. The lowest BCUT2D eigenvalue weighted by atomic mass is 10.1.